The van der Waals surface area contributed by atoms with Crippen LogP contribution in [0.5, 0.6) is 0 Å². The molecule has 4 unspecified atom stereocenters. The first-order valence-electron chi connectivity index (χ1n) is 23.9. The molecular formula is C47H74N4O6. The molecule has 4 aliphatic heterocycles. The number of hydrogen-bond donors (Lipinski definition) is 2. The van der Waals surface area contributed by atoms with E-state index in [4.69, 9.17) is 4.74 Å². The summed E-state index contributed by atoms with van der Waals surface area (Å²) in [5, 5.41) is 12.6. The number of likely N-dealkylation sites (tertiary alicyclic amines) is 3. The molecule has 8 fully saturated rings. The summed E-state index contributed by atoms with van der Waals surface area (Å²) in [6.45, 7) is 9.18. The monoisotopic (exact) mass is 791 g/mol. The number of rotatable bonds is 11. The first-order chi connectivity index (χ1) is 27.7. The molecule has 4 heterocycles. The van der Waals surface area contributed by atoms with Crippen molar-refractivity contribution in [3.63, 3.8) is 0 Å². The van der Waals surface area contributed by atoms with Gasteiger partial charge in [0.1, 0.15) is 6.04 Å². The van der Waals surface area contributed by atoms with Crippen LogP contribution in [0.2, 0.25) is 0 Å². The minimum absolute atomic E-state index is 0.0243. The Labute approximate surface area is 342 Å². The van der Waals surface area contributed by atoms with Crippen molar-refractivity contribution in [3.8, 4) is 0 Å². The van der Waals surface area contributed by atoms with Crippen LogP contribution in [-0.2, 0) is 23.9 Å². The van der Waals surface area contributed by atoms with Gasteiger partial charge in [-0.05, 0) is 178 Å². The molecule has 4 amide bonds. The number of aliphatic hydroxyl groups excluding tert-OH is 1. The first kappa shape index (κ1) is 41.6. The summed E-state index contributed by atoms with van der Waals surface area (Å²) in [5.41, 5.74) is 3.76. The van der Waals surface area contributed by atoms with Gasteiger partial charge in [0.2, 0.25) is 23.6 Å². The van der Waals surface area contributed by atoms with Crippen molar-refractivity contribution in [1.82, 2.24) is 20.0 Å². The van der Waals surface area contributed by atoms with Crippen LogP contribution in [0.15, 0.2) is 11.1 Å². The number of hydrogen-bond acceptors (Lipinski definition) is 8. The van der Waals surface area contributed by atoms with Crippen molar-refractivity contribution in [1.29, 1.82) is 0 Å². The molecule has 8 rings (SSSR count). The Morgan fingerprint density at radius 1 is 0.684 bits per heavy atom. The van der Waals surface area contributed by atoms with Crippen molar-refractivity contribution in [2.24, 2.45) is 41.4 Å². The SMILES string of the molecule is CC/C(=C(\C1CCC(O)CC1)C1CCC(N2CCC(CN3CCC(COC4CCC5C(=O)N(C6CCC(=O)NC6=O)C(=O)C5C4)CC3)CC2)CC1)C1CCCCC1. The van der Waals surface area contributed by atoms with E-state index in [1.807, 2.05) is 11.1 Å². The fraction of sp³-hybridized carbons (Fsp3) is 0.872. The van der Waals surface area contributed by atoms with Gasteiger partial charge in [0.25, 0.3) is 0 Å². The molecule has 0 spiro atoms. The van der Waals surface area contributed by atoms with Crippen LogP contribution < -0.4 is 5.32 Å². The van der Waals surface area contributed by atoms with Crippen molar-refractivity contribution in [3.05, 3.63) is 11.1 Å². The number of amides is 4. The molecule has 4 saturated heterocycles. The lowest BCUT2D eigenvalue weighted by molar-refractivity contribution is -0.151. The summed E-state index contributed by atoms with van der Waals surface area (Å²) in [5.74, 6) is 1.51. The predicted octanol–water partition coefficient (Wildman–Crippen LogP) is 6.78. The topological polar surface area (TPSA) is 119 Å². The molecule has 0 aromatic heterocycles. The van der Waals surface area contributed by atoms with Crippen LogP contribution in [0.25, 0.3) is 0 Å². The fourth-order valence-electron chi connectivity index (χ4n) is 13.2. The number of nitrogens with one attached hydrogen (secondary N) is 1. The molecule has 0 aromatic rings. The standard InChI is InChI=1S/C47H74N4O6/c1-2-39(33-6-4-3-5-7-33)44(35-10-14-37(52)15-11-35)34-8-12-36(13-9-34)50-26-22-31(23-27-50)29-49-24-20-32(21-25-49)30-57-38-16-17-40-41(28-38)47(56)51(46(40)55)42-18-19-43(53)48-45(42)54/h31-38,40-42,52H,2-30H2,1H3,(H,48,53,54)/b44-39+. The lowest BCUT2D eigenvalue weighted by Crippen LogP contribution is -2.54. The normalized spacial score (nSPS) is 36.6. The van der Waals surface area contributed by atoms with Crippen LogP contribution in [0.1, 0.15) is 155 Å². The summed E-state index contributed by atoms with van der Waals surface area (Å²) in [7, 11) is 0. The van der Waals surface area contributed by atoms with Crippen molar-refractivity contribution in [2.75, 3.05) is 39.3 Å². The minimum Gasteiger partial charge on any atom is -0.393 e. The Morgan fingerprint density at radius 3 is 2.00 bits per heavy atom. The molecule has 57 heavy (non-hydrogen) atoms. The number of piperidine rings is 3. The summed E-state index contributed by atoms with van der Waals surface area (Å²) in [6, 6.07) is -0.0981. The quantitative estimate of drug-likeness (QED) is 0.174. The third kappa shape index (κ3) is 9.60. The maximum Gasteiger partial charge on any atom is 0.249 e. The van der Waals surface area contributed by atoms with E-state index in [-0.39, 0.29) is 48.7 Å². The van der Waals surface area contributed by atoms with Gasteiger partial charge in [-0.15, -0.1) is 0 Å². The van der Waals surface area contributed by atoms with Crippen LogP contribution >= 0.6 is 0 Å². The van der Waals surface area contributed by atoms with Crippen LogP contribution in [0, 0.1) is 41.4 Å². The van der Waals surface area contributed by atoms with Gasteiger partial charge in [-0.3, -0.25) is 29.4 Å². The molecule has 0 radical (unpaired) electrons. The number of nitrogens with zero attached hydrogens (tertiary/aromatic N) is 3. The smallest absolute Gasteiger partial charge is 0.249 e. The number of allylic oxidation sites excluding steroid dienone is 2. The average Bonchev–Trinajstić information content (AvgIpc) is 3.48. The van der Waals surface area contributed by atoms with E-state index in [1.165, 1.54) is 114 Å². The molecule has 4 atom stereocenters. The van der Waals surface area contributed by atoms with E-state index < -0.39 is 17.9 Å². The zero-order valence-electron chi connectivity index (χ0n) is 35.2. The largest absolute Gasteiger partial charge is 0.393 e. The summed E-state index contributed by atoms with van der Waals surface area (Å²) < 4.78 is 6.44. The Balaban J connectivity index is 0.741. The maximum atomic E-state index is 13.4. The highest BCUT2D eigenvalue weighted by molar-refractivity contribution is 6.10. The number of carbonyl (C=O) groups excluding carboxylic acids is 4. The van der Waals surface area contributed by atoms with Crippen molar-refractivity contribution in [2.45, 2.75) is 179 Å². The number of carbonyl (C=O) groups is 4. The predicted molar refractivity (Wildman–Crippen MR) is 220 cm³/mol. The van der Waals surface area contributed by atoms with Crippen LogP contribution in [0.3, 0.4) is 0 Å². The van der Waals surface area contributed by atoms with Gasteiger partial charge in [-0.2, -0.15) is 0 Å². The zero-order chi connectivity index (χ0) is 39.5. The molecule has 10 nitrogen and oxygen atoms in total. The van der Waals surface area contributed by atoms with E-state index in [1.54, 1.807) is 0 Å². The summed E-state index contributed by atoms with van der Waals surface area (Å²) in [6.07, 6.45) is 25.3. The van der Waals surface area contributed by atoms with Gasteiger partial charge >= 0.3 is 0 Å². The third-order valence-electron chi connectivity index (χ3n) is 16.5. The highest BCUT2D eigenvalue weighted by Crippen LogP contribution is 2.47. The van der Waals surface area contributed by atoms with Crippen molar-refractivity contribution < 1.29 is 29.0 Å². The molecule has 4 saturated carbocycles. The Kier molecular flexibility index (Phi) is 13.9. The molecule has 10 heteroatoms. The molecule has 4 aliphatic carbocycles. The summed E-state index contributed by atoms with van der Waals surface area (Å²) >= 11 is 0. The fourth-order valence-corrected chi connectivity index (χ4v) is 13.2. The third-order valence-corrected chi connectivity index (χ3v) is 16.5. The minimum atomic E-state index is -0.861. The second-order valence-electron chi connectivity index (χ2n) is 19.9. The second-order valence-corrected chi connectivity index (χ2v) is 19.9. The lowest BCUT2D eigenvalue weighted by atomic mass is 9.67. The van der Waals surface area contributed by atoms with Crippen LogP contribution in [0.4, 0.5) is 0 Å². The first-order valence-corrected chi connectivity index (χ1v) is 23.9. The molecule has 8 aliphatic rings. The lowest BCUT2D eigenvalue weighted by Gasteiger charge is -2.44. The van der Waals surface area contributed by atoms with Crippen LogP contribution in [-0.4, -0.2) is 107 Å². The Morgan fingerprint density at radius 2 is 1.33 bits per heavy atom. The molecular weight excluding hydrogens is 717 g/mol. The maximum absolute atomic E-state index is 13.4. The van der Waals surface area contributed by atoms with E-state index in [9.17, 15) is 24.3 Å². The zero-order valence-corrected chi connectivity index (χ0v) is 35.2. The van der Waals surface area contributed by atoms with Gasteiger partial charge in [0.15, 0.2) is 0 Å². The number of imide groups is 2. The van der Waals surface area contributed by atoms with Gasteiger partial charge in [0, 0.05) is 25.6 Å². The Bertz CT molecular complexity index is 1440. The molecule has 0 bridgehead atoms. The van der Waals surface area contributed by atoms with Gasteiger partial charge in [-0.1, -0.05) is 37.3 Å². The molecule has 0 aromatic carbocycles. The summed E-state index contributed by atoms with van der Waals surface area (Å²) in [4.78, 5) is 57.4. The molecule has 2 N–H and O–H groups in total. The average molecular weight is 791 g/mol. The van der Waals surface area contributed by atoms with Gasteiger partial charge < -0.3 is 19.6 Å². The highest BCUT2D eigenvalue weighted by Gasteiger charge is 2.54. The van der Waals surface area contributed by atoms with E-state index in [0.29, 0.717) is 18.8 Å². The molecule has 318 valence electrons. The van der Waals surface area contributed by atoms with E-state index in [0.717, 1.165) is 81.5 Å². The van der Waals surface area contributed by atoms with E-state index in [2.05, 4.69) is 22.0 Å². The number of fused-ring (bicyclic) bond motifs is 1. The Hall–Kier alpha value is -2.14. The van der Waals surface area contributed by atoms with Crippen molar-refractivity contribution >= 4 is 23.6 Å². The highest BCUT2D eigenvalue weighted by atomic mass is 16.5. The van der Waals surface area contributed by atoms with Gasteiger partial charge in [-0.25, -0.2) is 0 Å². The van der Waals surface area contributed by atoms with E-state index >= 15 is 0 Å². The number of aliphatic hydroxyl groups is 1. The van der Waals surface area contributed by atoms with Gasteiger partial charge in [0.05, 0.1) is 24.0 Å². The second kappa shape index (κ2) is 19.1. The number of ether oxygens (including phenoxy) is 1.